The summed E-state index contributed by atoms with van der Waals surface area (Å²) in [6.45, 7) is 0.303. The van der Waals surface area contributed by atoms with E-state index in [2.05, 4.69) is 0 Å². The molecule has 0 N–H and O–H groups in total. The van der Waals surface area contributed by atoms with Crippen LogP contribution >= 0.6 is 0 Å². The molecule has 98 valence electrons. The summed E-state index contributed by atoms with van der Waals surface area (Å²) in [5, 5.41) is 0. The van der Waals surface area contributed by atoms with E-state index in [0.717, 1.165) is 11.6 Å². The van der Waals surface area contributed by atoms with Gasteiger partial charge in [-0.05, 0) is 11.6 Å². The molecule has 2 aromatic carbocycles. The van der Waals surface area contributed by atoms with E-state index < -0.39 is 5.82 Å². The first-order valence-corrected chi connectivity index (χ1v) is 5.74. The molecule has 2 aromatic rings. The molecule has 0 unspecified atom stereocenters. The fourth-order valence-corrected chi connectivity index (χ4v) is 1.65. The summed E-state index contributed by atoms with van der Waals surface area (Å²) in [7, 11) is 1.44. The Kier molecular flexibility index (Phi) is 4.13. The van der Waals surface area contributed by atoms with Gasteiger partial charge in [0.2, 0.25) is 0 Å². The lowest BCUT2D eigenvalue weighted by Gasteiger charge is -2.11. The quantitative estimate of drug-likeness (QED) is 0.774. The van der Waals surface area contributed by atoms with Gasteiger partial charge in [-0.2, -0.15) is 0 Å². The minimum atomic E-state index is -0.626. The summed E-state index contributed by atoms with van der Waals surface area (Å²) in [5.41, 5.74) is 0.910. The number of carbonyl (C=O) groups is 1. The predicted octanol–water partition coefficient (Wildman–Crippen LogP) is 3.23. The average molecular weight is 260 g/mol. The van der Waals surface area contributed by atoms with Crippen molar-refractivity contribution in [2.24, 2.45) is 0 Å². The van der Waals surface area contributed by atoms with E-state index in [1.807, 2.05) is 30.3 Å². The second kappa shape index (κ2) is 6.00. The van der Waals surface area contributed by atoms with Gasteiger partial charge in [-0.25, -0.2) is 4.39 Å². The first-order chi connectivity index (χ1) is 9.24. The highest BCUT2D eigenvalue weighted by Gasteiger charge is 2.11. The molecule has 0 saturated carbocycles. The van der Waals surface area contributed by atoms with Crippen molar-refractivity contribution in [3.05, 3.63) is 59.4 Å². The number of ether oxygens (including phenoxy) is 2. The Hall–Kier alpha value is -2.36. The molecule has 0 atom stereocenters. The third-order valence-electron chi connectivity index (χ3n) is 2.65. The van der Waals surface area contributed by atoms with Gasteiger partial charge >= 0.3 is 0 Å². The van der Waals surface area contributed by atoms with Crippen molar-refractivity contribution < 1.29 is 18.7 Å². The van der Waals surface area contributed by atoms with Crippen LogP contribution in [-0.4, -0.2) is 13.4 Å². The summed E-state index contributed by atoms with van der Waals surface area (Å²) in [5.74, 6) is -0.0206. The number of benzene rings is 2. The third-order valence-corrected chi connectivity index (χ3v) is 2.65. The Morgan fingerprint density at radius 1 is 1.16 bits per heavy atom. The lowest BCUT2D eigenvalue weighted by Crippen LogP contribution is -2.00. The molecule has 0 aromatic heterocycles. The molecule has 0 bridgehead atoms. The van der Waals surface area contributed by atoms with E-state index in [9.17, 15) is 9.18 Å². The van der Waals surface area contributed by atoms with Gasteiger partial charge in [0.1, 0.15) is 12.4 Å². The zero-order valence-electron chi connectivity index (χ0n) is 10.4. The zero-order valence-corrected chi connectivity index (χ0v) is 10.4. The van der Waals surface area contributed by atoms with Crippen molar-refractivity contribution in [3.8, 4) is 11.5 Å². The van der Waals surface area contributed by atoms with Gasteiger partial charge in [0.05, 0.1) is 12.7 Å². The van der Waals surface area contributed by atoms with Gasteiger partial charge in [0.15, 0.2) is 17.8 Å². The Morgan fingerprint density at radius 2 is 1.89 bits per heavy atom. The topological polar surface area (TPSA) is 35.5 Å². The molecule has 0 spiro atoms. The fourth-order valence-electron chi connectivity index (χ4n) is 1.65. The van der Waals surface area contributed by atoms with Crippen LogP contribution in [0.1, 0.15) is 15.9 Å². The van der Waals surface area contributed by atoms with Crippen molar-refractivity contribution >= 4 is 6.29 Å². The summed E-state index contributed by atoms with van der Waals surface area (Å²) >= 11 is 0. The molecule has 0 saturated heterocycles. The van der Waals surface area contributed by atoms with E-state index in [-0.39, 0.29) is 11.3 Å². The SMILES string of the molecule is COc1cc(C=O)c(F)cc1OCc1ccccc1. The van der Waals surface area contributed by atoms with Crippen LogP contribution in [0.2, 0.25) is 0 Å². The van der Waals surface area contributed by atoms with Crippen LogP contribution in [-0.2, 0) is 6.61 Å². The minimum absolute atomic E-state index is 0.0519. The van der Waals surface area contributed by atoms with Crippen molar-refractivity contribution in [1.82, 2.24) is 0 Å². The second-order valence-corrected chi connectivity index (χ2v) is 3.92. The molecule has 4 heteroatoms. The number of halogens is 1. The molecular formula is C15H13FO3. The highest BCUT2D eigenvalue weighted by atomic mass is 19.1. The smallest absolute Gasteiger partial charge is 0.164 e. The van der Waals surface area contributed by atoms with Crippen LogP contribution < -0.4 is 9.47 Å². The molecule has 0 aliphatic heterocycles. The summed E-state index contributed by atoms with van der Waals surface area (Å²) in [4.78, 5) is 10.6. The first-order valence-electron chi connectivity index (χ1n) is 5.74. The van der Waals surface area contributed by atoms with E-state index >= 15 is 0 Å². The number of hydrogen-bond donors (Lipinski definition) is 0. The predicted molar refractivity (Wildman–Crippen MR) is 69.1 cm³/mol. The number of carbonyl (C=O) groups excluding carboxylic acids is 1. The van der Waals surface area contributed by atoms with Crippen molar-refractivity contribution in [3.63, 3.8) is 0 Å². The Balaban J connectivity index is 2.20. The van der Waals surface area contributed by atoms with E-state index in [0.29, 0.717) is 18.6 Å². The molecule has 0 heterocycles. The molecule has 2 rings (SSSR count). The Labute approximate surface area is 110 Å². The van der Waals surface area contributed by atoms with E-state index in [1.54, 1.807) is 0 Å². The number of rotatable bonds is 5. The average Bonchev–Trinajstić information content (AvgIpc) is 2.46. The van der Waals surface area contributed by atoms with Crippen LogP contribution in [0.15, 0.2) is 42.5 Å². The van der Waals surface area contributed by atoms with Crippen LogP contribution in [0.4, 0.5) is 4.39 Å². The van der Waals surface area contributed by atoms with E-state index in [4.69, 9.17) is 9.47 Å². The molecular weight excluding hydrogens is 247 g/mol. The highest BCUT2D eigenvalue weighted by molar-refractivity contribution is 5.77. The van der Waals surface area contributed by atoms with Gasteiger partial charge in [0.25, 0.3) is 0 Å². The minimum Gasteiger partial charge on any atom is -0.493 e. The van der Waals surface area contributed by atoms with Crippen LogP contribution in [0.5, 0.6) is 11.5 Å². The highest BCUT2D eigenvalue weighted by Crippen LogP contribution is 2.30. The normalized spacial score (nSPS) is 10.0. The van der Waals surface area contributed by atoms with Gasteiger partial charge in [-0.15, -0.1) is 0 Å². The maximum Gasteiger partial charge on any atom is 0.164 e. The molecule has 0 aliphatic rings. The molecule has 0 amide bonds. The fraction of sp³-hybridized carbons (Fsp3) is 0.133. The van der Waals surface area contributed by atoms with Gasteiger partial charge in [-0.3, -0.25) is 4.79 Å². The largest absolute Gasteiger partial charge is 0.493 e. The van der Waals surface area contributed by atoms with Crippen LogP contribution in [0, 0.1) is 5.82 Å². The molecule has 0 aliphatic carbocycles. The number of hydrogen-bond acceptors (Lipinski definition) is 3. The van der Waals surface area contributed by atoms with Crippen LogP contribution in [0.25, 0.3) is 0 Å². The summed E-state index contributed by atoms with van der Waals surface area (Å²) in [6.07, 6.45) is 0.443. The van der Waals surface area contributed by atoms with Crippen molar-refractivity contribution in [2.45, 2.75) is 6.61 Å². The Morgan fingerprint density at radius 3 is 2.53 bits per heavy atom. The first kappa shape index (κ1) is 13.1. The monoisotopic (exact) mass is 260 g/mol. The van der Waals surface area contributed by atoms with Gasteiger partial charge in [-0.1, -0.05) is 30.3 Å². The number of methoxy groups -OCH3 is 1. The van der Waals surface area contributed by atoms with Crippen molar-refractivity contribution in [1.29, 1.82) is 0 Å². The third kappa shape index (κ3) is 3.10. The summed E-state index contributed by atoms with van der Waals surface area (Å²) < 4.78 is 24.1. The van der Waals surface area contributed by atoms with Crippen LogP contribution in [0.3, 0.4) is 0 Å². The van der Waals surface area contributed by atoms with Crippen molar-refractivity contribution in [2.75, 3.05) is 7.11 Å². The van der Waals surface area contributed by atoms with Gasteiger partial charge in [0, 0.05) is 6.07 Å². The van der Waals surface area contributed by atoms with Gasteiger partial charge < -0.3 is 9.47 Å². The summed E-state index contributed by atoms with van der Waals surface area (Å²) in [6, 6.07) is 12.0. The molecule has 0 radical (unpaired) electrons. The lowest BCUT2D eigenvalue weighted by molar-refractivity contribution is 0.111. The van der Waals surface area contributed by atoms with E-state index in [1.165, 1.54) is 13.2 Å². The zero-order chi connectivity index (χ0) is 13.7. The lowest BCUT2D eigenvalue weighted by atomic mass is 10.2. The second-order valence-electron chi connectivity index (χ2n) is 3.92. The molecule has 0 fully saturated rings. The maximum absolute atomic E-state index is 13.5. The molecule has 3 nitrogen and oxygen atoms in total. The maximum atomic E-state index is 13.5. The standard InChI is InChI=1S/C15H13FO3/c1-18-14-7-12(9-17)13(16)8-15(14)19-10-11-5-3-2-4-6-11/h2-9H,10H2,1H3. The molecule has 19 heavy (non-hydrogen) atoms. The number of aldehydes is 1. The Bertz CT molecular complexity index is 567.